The zero-order chi connectivity index (χ0) is 7.82. The van der Waals surface area contributed by atoms with Gasteiger partial charge in [0.15, 0.2) is 9.04 Å². The lowest BCUT2D eigenvalue weighted by Crippen LogP contribution is -2.09. The van der Waals surface area contributed by atoms with Gasteiger partial charge in [0.2, 0.25) is 6.08 Å². The van der Waals surface area contributed by atoms with E-state index in [4.69, 9.17) is 4.43 Å². The van der Waals surface area contributed by atoms with Gasteiger partial charge in [0.25, 0.3) is 0 Å². The maximum atomic E-state index is 9.58. The zero-order valence-corrected chi connectivity index (χ0v) is 7.62. The molecule has 0 saturated carbocycles. The Morgan fingerprint density at radius 3 is 2.80 bits per heavy atom. The number of isocyanates is 1. The fourth-order valence-electron chi connectivity index (χ4n) is 0.508. The number of hydrogen-bond donors (Lipinski definition) is 0. The van der Waals surface area contributed by atoms with E-state index in [1.807, 2.05) is 0 Å². The standard InChI is InChI=1S/C6H13NO2Si/c1-10(2)9-5-3-4-7-6-8/h10H,3-5H2,1-2H3. The quantitative estimate of drug-likeness (QED) is 0.256. The number of aliphatic imine (C=N–C) groups is 1. The van der Waals surface area contributed by atoms with Gasteiger partial charge >= 0.3 is 0 Å². The Labute approximate surface area is 62.8 Å². The summed E-state index contributed by atoms with van der Waals surface area (Å²) in [6.45, 7) is 5.51. The second-order valence-corrected chi connectivity index (χ2v) is 4.68. The van der Waals surface area contributed by atoms with Crippen LogP contribution in [0.4, 0.5) is 0 Å². The van der Waals surface area contributed by atoms with E-state index in [0.29, 0.717) is 6.54 Å². The summed E-state index contributed by atoms with van der Waals surface area (Å²) in [4.78, 5) is 13.0. The Morgan fingerprint density at radius 1 is 1.60 bits per heavy atom. The summed E-state index contributed by atoms with van der Waals surface area (Å²) in [5, 5.41) is 0. The molecular formula is C6H13NO2Si. The number of carbonyl (C=O) groups excluding carboxylic acids is 1. The van der Waals surface area contributed by atoms with Crippen LogP contribution in [-0.2, 0) is 9.22 Å². The van der Waals surface area contributed by atoms with Gasteiger partial charge < -0.3 is 4.43 Å². The van der Waals surface area contributed by atoms with Crippen molar-refractivity contribution in [2.75, 3.05) is 13.2 Å². The van der Waals surface area contributed by atoms with Gasteiger partial charge in [0, 0.05) is 6.61 Å². The lowest BCUT2D eigenvalue weighted by molar-refractivity contribution is 0.322. The molecule has 0 aromatic heterocycles. The van der Waals surface area contributed by atoms with E-state index in [1.165, 1.54) is 6.08 Å². The molecule has 0 amide bonds. The first-order chi connectivity index (χ1) is 4.77. The Balaban J connectivity index is 2.98. The minimum absolute atomic E-state index is 0.546. The largest absolute Gasteiger partial charge is 0.421 e. The number of rotatable bonds is 5. The molecule has 0 aromatic rings. The van der Waals surface area contributed by atoms with Crippen LogP contribution in [0.5, 0.6) is 0 Å². The van der Waals surface area contributed by atoms with Crippen LogP contribution in [0.2, 0.25) is 13.1 Å². The van der Waals surface area contributed by atoms with Gasteiger partial charge in [0.1, 0.15) is 0 Å². The summed E-state index contributed by atoms with van der Waals surface area (Å²) < 4.78 is 5.34. The maximum Gasteiger partial charge on any atom is 0.234 e. The predicted molar refractivity (Wildman–Crippen MR) is 42.4 cm³/mol. The highest BCUT2D eigenvalue weighted by molar-refractivity contribution is 6.48. The van der Waals surface area contributed by atoms with Crippen LogP contribution in [0.15, 0.2) is 4.99 Å². The number of nitrogens with zero attached hydrogens (tertiary/aromatic N) is 1. The van der Waals surface area contributed by atoms with E-state index in [0.717, 1.165) is 13.0 Å². The van der Waals surface area contributed by atoms with Gasteiger partial charge in [0.05, 0.1) is 6.54 Å². The van der Waals surface area contributed by atoms with E-state index in [9.17, 15) is 4.79 Å². The summed E-state index contributed by atoms with van der Waals surface area (Å²) in [6, 6.07) is 0. The smallest absolute Gasteiger partial charge is 0.234 e. The second-order valence-electron chi connectivity index (χ2n) is 2.25. The minimum atomic E-state index is -0.862. The molecule has 58 valence electrons. The van der Waals surface area contributed by atoms with Crippen LogP contribution in [-0.4, -0.2) is 28.3 Å². The van der Waals surface area contributed by atoms with Gasteiger partial charge in [-0.2, -0.15) is 0 Å². The SMILES string of the molecule is C[SiH](C)OCCCN=C=O. The van der Waals surface area contributed by atoms with Crippen molar-refractivity contribution in [3.63, 3.8) is 0 Å². The molecule has 0 aliphatic heterocycles. The van der Waals surface area contributed by atoms with Crippen molar-refractivity contribution in [3.8, 4) is 0 Å². The van der Waals surface area contributed by atoms with E-state index in [2.05, 4.69) is 18.1 Å². The van der Waals surface area contributed by atoms with Crippen molar-refractivity contribution in [2.45, 2.75) is 19.5 Å². The Hall–Kier alpha value is -0.443. The molecule has 0 spiro atoms. The summed E-state index contributed by atoms with van der Waals surface area (Å²) in [6.07, 6.45) is 2.32. The summed E-state index contributed by atoms with van der Waals surface area (Å²) in [7, 11) is -0.862. The third-order valence-corrected chi connectivity index (χ3v) is 1.83. The molecule has 0 aromatic carbocycles. The molecule has 0 fully saturated rings. The average Bonchev–Trinajstić information content (AvgIpc) is 1.87. The van der Waals surface area contributed by atoms with Gasteiger partial charge in [-0.05, 0) is 19.5 Å². The topological polar surface area (TPSA) is 38.7 Å². The van der Waals surface area contributed by atoms with E-state index < -0.39 is 9.04 Å². The normalized spacial score (nSPS) is 9.50. The first-order valence-electron chi connectivity index (χ1n) is 3.42. The van der Waals surface area contributed by atoms with Gasteiger partial charge in [-0.1, -0.05) is 0 Å². The molecule has 0 aliphatic carbocycles. The molecule has 0 N–H and O–H groups in total. The first-order valence-corrected chi connectivity index (χ1v) is 6.20. The van der Waals surface area contributed by atoms with Gasteiger partial charge in [-0.15, -0.1) is 0 Å². The van der Waals surface area contributed by atoms with Gasteiger partial charge in [-0.3, -0.25) is 0 Å². The van der Waals surface area contributed by atoms with Crippen molar-refractivity contribution < 1.29 is 9.22 Å². The van der Waals surface area contributed by atoms with Crippen molar-refractivity contribution in [3.05, 3.63) is 0 Å². The molecule has 10 heavy (non-hydrogen) atoms. The maximum absolute atomic E-state index is 9.58. The van der Waals surface area contributed by atoms with Crippen molar-refractivity contribution >= 4 is 15.1 Å². The highest BCUT2D eigenvalue weighted by Crippen LogP contribution is 1.87. The third-order valence-electron chi connectivity index (χ3n) is 0.930. The van der Waals surface area contributed by atoms with Crippen molar-refractivity contribution in [2.24, 2.45) is 4.99 Å². The fourth-order valence-corrected chi connectivity index (χ4v) is 1.15. The Morgan fingerprint density at radius 2 is 2.30 bits per heavy atom. The second kappa shape index (κ2) is 6.67. The molecule has 0 unspecified atom stereocenters. The molecule has 0 aliphatic rings. The van der Waals surface area contributed by atoms with Crippen LogP contribution >= 0.6 is 0 Å². The highest BCUT2D eigenvalue weighted by Gasteiger charge is 1.92. The molecule has 0 atom stereocenters. The third kappa shape index (κ3) is 7.56. The predicted octanol–water partition coefficient (Wildman–Crippen LogP) is 0.712. The minimum Gasteiger partial charge on any atom is -0.421 e. The summed E-state index contributed by atoms with van der Waals surface area (Å²) in [5.74, 6) is 0. The van der Waals surface area contributed by atoms with E-state index in [1.54, 1.807) is 0 Å². The Kier molecular flexibility index (Phi) is 6.38. The molecule has 0 bridgehead atoms. The van der Waals surface area contributed by atoms with Crippen LogP contribution < -0.4 is 0 Å². The fraction of sp³-hybridized carbons (Fsp3) is 0.833. The summed E-state index contributed by atoms with van der Waals surface area (Å²) >= 11 is 0. The lowest BCUT2D eigenvalue weighted by atomic mass is 10.5. The Bertz CT molecular complexity index is 121. The molecule has 4 heteroatoms. The van der Waals surface area contributed by atoms with E-state index in [-0.39, 0.29) is 0 Å². The van der Waals surface area contributed by atoms with Crippen LogP contribution in [0.1, 0.15) is 6.42 Å². The highest BCUT2D eigenvalue weighted by atomic mass is 28.3. The van der Waals surface area contributed by atoms with Crippen LogP contribution in [0, 0.1) is 0 Å². The van der Waals surface area contributed by atoms with Crippen molar-refractivity contribution in [1.29, 1.82) is 0 Å². The number of hydrogen-bond acceptors (Lipinski definition) is 3. The van der Waals surface area contributed by atoms with Gasteiger partial charge in [-0.25, -0.2) is 9.79 Å². The molecule has 0 heterocycles. The molecule has 0 rings (SSSR count). The summed E-state index contributed by atoms with van der Waals surface area (Å²) in [5.41, 5.74) is 0. The van der Waals surface area contributed by atoms with Crippen LogP contribution in [0.3, 0.4) is 0 Å². The molecule has 3 nitrogen and oxygen atoms in total. The van der Waals surface area contributed by atoms with E-state index >= 15 is 0 Å². The average molecular weight is 159 g/mol. The monoisotopic (exact) mass is 159 g/mol. The molecule has 0 radical (unpaired) electrons. The first kappa shape index (κ1) is 9.56. The van der Waals surface area contributed by atoms with Crippen LogP contribution in [0.25, 0.3) is 0 Å². The zero-order valence-electron chi connectivity index (χ0n) is 6.46. The molecular weight excluding hydrogens is 146 g/mol. The lowest BCUT2D eigenvalue weighted by Gasteiger charge is -2.03. The molecule has 0 saturated heterocycles. The van der Waals surface area contributed by atoms with Crippen molar-refractivity contribution in [1.82, 2.24) is 0 Å².